The fraction of sp³-hybridized carbons (Fsp3) is 0.296. The first kappa shape index (κ1) is 24.1. The van der Waals surface area contributed by atoms with Crippen molar-refractivity contribution in [3.63, 3.8) is 0 Å². The van der Waals surface area contributed by atoms with Crippen LogP contribution in [-0.4, -0.2) is 58.6 Å². The number of nitrogens with one attached hydrogen (secondary N) is 1. The van der Waals surface area contributed by atoms with E-state index in [9.17, 15) is 9.18 Å². The Morgan fingerprint density at radius 3 is 2.36 bits per heavy atom. The summed E-state index contributed by atoms with van der Waals surface area (Å²) < 4.78 is 15.5. The lowest BCUT2D eigenvalue weighted by Gasteiger charge is -2.34. The number of imidazole rings is 1. The summed E-state index contributed by atoms with van der Waals surface area (Å²) in [5.41, 5.74) is 4.23. The molecule has 7 nitrogen and oxygen atoms in total. The second kappa shape index (κ2) is 10.2. The van der Waals surface area contributed by atoms with Crippen molar-refractivity contribution in [3.05, 3.63) is 71.7 Å². The summed E-state index contributed by atoms with van der Waals surface area (Å²) in [5, 5.41) is 3.68. The van der Waals surface area contributed by atoms with E-state index >= 15 is 0 Å². The van der Waals surface area contributed by atoms with E-state index in [0.717, 1.165) is 48.8 Å². The maximum absolute atomic E-state index is 13.5. The molecular weight excluding hydrogens is 475 g/mol. The Kier molecular flexibility index (Phi) is 6.84. The second-order valence-electron chi connectivity index (χ2n) is 9.27. The van der Waals surface area contributed by atoms with Crippen LogP contribution in [0.2, 0.25) is 0 Å². The van der Waals surface area contributed by atoms with Crippen molar-refractivity contribution < 1.29 is 9.18 Å². The standard InChI is InChI=1S/C27H29FN6OS/c1-18(2)34-17-30-24(19-4-6-20(28)7-5-19)25(34)27-29-16-23(36-27)26(35)31-21-8-10-22(11-9-21)33-14-12-32(3)13-15-33/h4-11,16-18H,12-15H2,1-3H3,(H,31,35). The number of anilines is 2. The van der Waals surface area contributed by atoms with Gasteiger partial charge in [-0.05, 0) is 69.4 Å². The van der Waals surface area contributed by atoms with Gasteiger partial charge in [-0.1, -0.05) is 0 Å². The molecule has 5 rings (SSSR count). The van der Waals surface area contributed by atoms with Crippen molar-refractivity contribution in [2.45, 2.75) is 19.9 Å². The van der Waals surface area contributed by atoms with E-state index in [1.54, 1.807) is 24.7 Å². The molecule has 0 aliphatic carbocycles. The molecule has 4 aromatic rings. The largest absolute Gasteiger partial charge is 0.369 e. The fourth-order valence-corrected chi connectivity index (χ4v) is 5.15. The van der Waals surface area contributed by atoms with Gasteiger partial charge in [0, 0.05) is 49.2 Å². The Morgan fingerprint density at radius 2 is 1.69 bits per heavy atom. The Balaban J connectivity index is 1.34. The molecule has 9 heteroatoms. The van der Waals surface area contributed by atoms with E-state index in [4.69, 9.17) is 0 Å². The number of nitrogens with zero attached hydrogens (tertiary/aromatic N) is 5. The fourth-order valence-electron chi connectivity index (χ4n) is 4.28. The smallest absolute Gasteiger partial charge is 0.267 e. The third-order valence-corrected chi connectivity index (χ3v) is 7.40. The van der Waals surface area contributed by atoms with Crippen molar-refractivity contribution in [1.82, 2.24) is 19.4 Å². The first-order valence-electron chi connectivity index (χ1n) is 12.0. The number of aromatic nitrogens is 3. The van der Waals surface area contributed by atoms with E-state index in [1.165, 1.54) is 23.5 Å². The van der Waals surface area contributed by atoms with Crippen LogP contribution >= 0.6 is 11.3 Å². The van der Waals surface area contributed by atoms with Gasteiger partial charge in [-0.3, -0.25) is 4.79 Å². The Hall–Kier alpha value is -3.56. The number of piperazine rings is 1. The van der Waals surface area contributed by atoms with Gasteiger partial charge in [-0.25, -0.2) is 14.4 Å². The molecule has 0 saturated carbocycles. The summed E-state index contributed by atoms with van der Waals surface area (Å²) >= 11 is 1.32. The molecule has 0 radical (unpaired) electrons. The minimum absolute atomic E-state index is 0.140. The molecule has 0 bridgehead atoms. The molecular formula is C27H29FN6OS. The van der Waals surface area contributed by atoms with Crippen LogP contribution in [0.15, 0.2) is 61.1 Å². The molecule has 1 aliphatic rings. The molecule has 3 heterocycles. The van der Waals surface area contributed by atoms with Gasteiger partial charge in [0.1, 0.15) is 21.4 Å². The van der Waals surface area contributed by atoms with E-state index in [-0.39, 0.29) is 17.8 Å². The van der Waals surface area contributed by atoms with Crippen LogP contribution in [0.5, 0.6) is 0 Å². The number of halogens is 1. The van der Waals surface area contributed by atoms with Gasteiger partial charge < -0.3 is 19.7 Å². The summed E-state index contributed by atoms with van der Waals surface area (Å²) in [6.07, 6.45) is 3.36. The topological polar surface area (TPSA) is 66.3 Å². The number of hydrogen-bond acceptors (Lipinski definition) is 6. The van der Waals surface area contributed by atoms with Gasteiger partial charge in [-0.15, -0.1) is 11.3 Å². The minimum Gasteiger partial charge on any atom is -0.369 e. The predicted octanol–water partition coefficient (Wildman–Crippen LogP) is 5.40. The quantitative estimate of drug-likeness (QED) is 0.381. The first-order valence-corrected chi connectivity index (χ1v) is 12.8. The predicted molar refractivity (Wildman–Crippen MR) is 143 cm³/mol. The second-order valence-corrected chi connectivity index (χ2v) is 10.3. The third-order valence-electron chi connectivity index (χ3n) is 6.39. The van der Waals surface area contributed by atoms with Gasteiger partial charge >= 0.3 is 0 Å². The Bertz CT molecular complexity index is 1340. The maximum Gasteiger partial charge on any atom is 0.267 e. The molecule has 1 fully saturated rings. The highest BCUT2D eigenvalue weighted by atomic mass is 32.1. The molecule has 1 N–H and O–H groups in total. The average molecular weight is 505 g/mol. The summed E-state index contributed by atoms with van der Waals surface area (Å²) in [4.78, 5) is 27.4. The van der Waals surface area contributed by atoms with Crippen molar-refractivity contribution in [3.8, 4) is 22.0 Å². The summed E-state index contributed by atoms with van der Waals surface area (Å²) in [6.45, 7) is 8.21. The normalized spacial score (nSPS) is 14.4. The highest BCUT2D eigenvalue weighted by molar-refractivity contribution is 7.17. The van der Waals surface area contributed by atoms with Crippen LogP contribution in [0.25, 0.3) is 22.0 Å². The molecule has 2 aromatic heterocycles. The molecule has 2 aromatic carbocycles. The van der Waals surface area contributed by atoms with Gasteiger partial charge in [0.25, 0.3) is 5.91 Å². The Labute approximate surface area is 214 Å². The zero-order valence-corrected chi connectivity index (χ0v) is 21.4. The molecule has 0 atom stereocenters. The van der Waals surface area contributed by atoms with Crippen molar-refractivity contribution in [2.75, 3.05) is 43.4 Å². The van der Waals surface area contributed by atoms with Crippen molar-refractivity contribution in [1.29, 1.82) is 0 Å². The van der Waals surface area contributed by atoms with Gasteiger partial charge in [0.15, 0.2) is 0 Å². The molecule has 186 valence electrons. The minimum atomic E-state index is -0.298. The monoisotopic (exact) mass is 504 g/mol. The third kappa shape index (κ3) is 5.03. The lowest BCUT2D eigenvalue weighted by atomic mass is 10.1. The van der Waals surface area contributed by atoms with Crippen LogP contribution in [-0.2, 0) is 0 Å². The first-order chi connectivity index (χ1) is 17.4. The average Bonchev–Trinajstić information content (AvgIpc) is 3.53. The lowest BCUT2D eigenvalue weighted by molar-refractivity contribution is 0.103. The summed E-state index contributed by atoms with van der Waals surface area (Å²) in [5.74, 6) is -0.501. The number of amides is 1. The van der Waals surface area contributed by atoms with Gasteiger partial charge in [-0.2, -0.15) is 0 Å². The molecule has 1 aliphatic heterocycles. The molecule has 1 saturated heterocycles. The lowest BCUT2D eigenvalue weighted by Crippen LogP contribution is -2.44. The molecule has 0 spiro atoms. The summed E-state index contributed by atoms with van der Waals surface area (Å²) in [6, 6.07) is 14.4. The maximum atomic E-state index is 13.5. The van der Waals surface area contributed by atoms with Crippen LogP contribution in [0.3, 0.4) is 0 Å². The van der Waals surface area contributed by atoms with Crippen molar-refractivity contribution in [2.24, 2.45) is 0 Å². The van der Waals surface area contributed by atoms with Crippen LogP contribution in [0, 0.1) is 5.82 Å². The van der Waals surface area contributed by atoms with E-state index in [1.807, 2.05) is 16.7 Å². The Morgan fingerprint density at radius 1 is 1.00 bits per heavy atom. The van der Waals surface area contributed by atoms with E-state index < -0.39 is 0 Å². The molecule has 0 unspecified atom stereocenters. The highest BCUT2D eigenvalue weighted by Gasteiger charge is 2.21. The molecule has 1 amide bonds. The van der Waals surface area contributed by atoms with Crippen LogP contribution in [0.4, 0.5) is 15.8 Å². The number of hydrogen-bond donors (Lipinski definition) is 1. The molecule has 36 heavy (non-hydrogen) atoms. The van der Waals surface area contributed by atoms with E-state index in [0.29, 0.717) is 15.6 Å². The zero-order chi connectivity index (χ0) is 25.2. The number of thiazole rings is 1. The SMILES string of the molecule is CC(C)n1cnc(-c2ccc(F)cc2)c1-c1ncc(C(=O)Nc2ccc(N3CCN(C)CC3)cc2)s1. The highest BCUT2D eigenvalue weighted by Crippen LogP contribution is 2.35. The van der Waals surface area contributed by atoms with Gasteiger partial charge in [0.2, 0.25) is 0 Å². The van der Waals surface area contributed by atoms with Crippen LogP contribution < -0.4 is 10.2 Å². The van der Waals surface area contributed by atoms with Crippen LogP contribution in [0.1, 0.15) is 29.6 Å². The van der Waals surface area contributed by atoms with Gasteiger partial charge in [0.05, 0.1) is 18.2 Å². The van der Waals surface area contributed by atoms with Crippen molar-refractivity contribution >= 4 is 28.6 Å². The number of likely N-dealkylation sites (N-methyl/N-ethyl adjacent to an activating group) is 1. The van der Waals surface area contributed by atoms with E-state index in [2.05, 4.69) is 58.1 Å². The summed E-state index contributed by atoms with van der Waals surface area (Å²) in [7, 11) is 2.14. The zero-order valence-electron chi connectivity index (χ0n) is 20.6. The number of carbonyl (C=O) groups excluding carboxylic acids is 1. The number of carbonyl (C=O) groups is 1. The number of rotatable bonds is 6. The number of benzene rings is 2.